The van der Waals surface area contributed by atoms with E-state index in [2.05, 4.69) is 30.5 Å². The zero-order valence-corrected chi connectivity index (χ0v) is 12.4. The van der Waals surface area contributed by atoms with Crippen LogP contribution in [0.15, 0.2) is 12.4 Å². The fraction of sp³-hybridized carbons (Fsp3) is 0.462. The van der Waals surface area contributed by atoms with E-state index in [1.165, 1.54) is 6.42 Å². The number of carbonyl (C=O) groups is 1. The summed E-state index contributed by atoms with van der Waals surface area (Å²) in [6.45, 7) is 1.79. The second-order valence-electron chi connectivity index (χ2n) is 5.25. The number of anilines is 3. The maximum Gasteiger partial charge on any atom is 0.273 e. The van der Waals surface area contributed by atoms with Crippen LogP contribution in [0.2, 0.25) is 0 Å². The van der Waals surface area contributed by atoms with Gasteiger partial charge in [0.2, 0.25) is 5.95 Å². The van der Waals surface area contributed by atoms with Gasteiger partial charge in [0.1, 0.15) is 0 Å². The summed E-state index contributed by atoms with van der Waals surface area (Å²) in [5.41, 5.74) is 6.07. The van der Waals surface area contributed by atoms with Crippen LogP contribution in [-0.4, -0.2) is 44.0 Å². The predicted octanol–water partition coefficient (Wildman–Crippen LogP) is 0.438. The summed E-state index contributed by atoms with van der Waals surface area (Å²) < 4.78 is 1.65. The Kier molecular flexibility index (Phi) is 3.86. The second-order valence-corrected chi connectivity index (χ2v) is 5.25. The Hall–Kier alpha value is -2.71. The maximum atomic E-state index is 11.5. The lowest BCUT2D eigenvalue weighted by Gasteiger charge is -2.26. The summed E-state index contributed by atoms with van der Waals surface area (Å²) in [4.78, 5) is 18.0. The van der Waals surface area contributed by atoms with E-state index in [1.807, 2.05) is 0 Å². The molecule has 116 valence electrons. The van der Waals surface area contributed by atoms with Gasteiger partial charge in [-0.2, -0.15) is 10.1 Å². The van der Waals surface area contributed by atoms with Crippen molar-refractivity contribution in [2.24, 2.45) is 12.8 Å². The minimum absolute atomic E-state index is 0.0182. The number of carbonyl (C=O) groups excluding carboxylic acids is 1. The van der Waals surface area contributed by atoms with Gasteiger partial charge in [0.25, 0.3) is 5.91 Å². The molecular weight excluding hydrogens is 284 g/mol. The molecular formula is C13H18N8O. The van der Waals surface area contributed by atoms with Gasteiger partial charge in [-0.05, 0) is 19.3 Å². The first-order chi connectivity index (χ1) is 10.6. The first-order valence-corrected chi connectivity index (χ1v) is 7.18. The van der Waals surface area contributed by atoms with Gasteiger partial charge in [-0.1, -0.05) is 0 Å². The molecule has 22 heavy (non-hydrogen) atoms. The summed E-state index contributed by atoms with van der Waals surface area (Å²) in [7, 11) is 1.80. The number of aromatic nitrogens is 5. The molecule has 3 rings (SSSR count). The van der Waals surface area contributed by atoms with Crippen molar-refractivity contribution in [3.05, 3.63) is 18.1 Å². The first-order valence-electron chi connectivity index (χ1n) is 7.18. The standard InChI is InChI=1S/C13H18N8O/c1-20-8-9(7-15-20)16-12-10(11(14)22)18-19-13(17-12)21-5-3-2-4-6-21/h7-8H,2-6H2,1H3,(H2,14,22)(H,16,17,19). The van der Waals surface area contributed by atoms with Crippen LogP contribution in [0.1, 0.15) is 29.8 Å². The SMILES string of the molecule is Cn1cc(Nc2nc(N3CCCCC3)nnc2C(N)=O)cn1. The van der Waals surface area contributed by atoms with Gasteiger partial charge in [-0.3, -0.25) is 9.48 Å². The number of hydrogen-bond donors (Lipinski definition) is 2. The van der Waals surface area contributed by atoms with Crippen LogP contribution in [0.3, 0.4) is 0 Å². The average Bonchev–Trinajstić information content (AvgIpc) is 2.93. The molecule has 0 aliphatic carbocycles. The number of rotatable bonds is 4. The molecule has 1 aliphatic heterocycles. The summed E-state index contributed by atoms with van der Waals surface area (Å²) in [6, 6.07) is 0. The fourth-order valence-electron chi connectivity index (χ4n) is 2.42. The van der Waals surface area contributed by atoms with Crippen molar-refractivity contribution < 1.29 is 4.79 Å². The number of primary amides is 1. The van der Waals surface area contributed by atoms with Crippen molar-refractivity contribution >= 4 is 23.4 Å². The minimum Gasteiger partial charge on any atom is -0.364 e. The molecule has 0 saturated carbocycles. The molecule has 0 spiro atoms. The van der Waals surface area contributed by atoms with E-state index in [4.69, 9.17) is 5.73 Å². The molecule has 1 amide bonds. The summed E-state index contributed by atoms with van der Waals surface area (Å²) >= 11 is 0. The monoisotopic (exact) mass is 302 g/mol. The predicted molar refractivity (Wildman–Crippen MR) is 80.9 cm³/mol. The van der Waals surface area contributed by atoms with Crippen LogP contribution < -0.4 is 16.0 Å². The zero-order chi connectivity index (χ0) is 15.5. The van der Waals surface area contributed by atoms with Crippen LogP contribution in [0.5, 0.6) is 0 Å². The first kappa shape index (κ1) is 14.2. The van der Waals surface area contributed by atoms with Crippen LogP contribution in [0, 0.1) is 0 Å². The summed E-state index contributed by atoms with van der Waals surface area (Å²) in [6.07, 6.45) is 6.82. The number of amides is 1. The number of piperidine rings is 1. The number of nitrogens with two attached hydrogens (primary N) is 1. The van der Waals surface area contributed by atoms with E-state index >= 15 is 0 Å². The third kappa shape index (κ3) is 2.97. The molecule has 0 unspecified atom stereocenters. The fourth-order valence-corrected chi connectivity index (χ4v) is 2.42. The van der Waals surface area contributed by atoms with Crippen molar-refractivity contribution in [1.29, 1.82) is 0 Å². The van der Waals surface area contributed by atoms with E-state index in [1.54, 1.807) is 24.1 Å². The quantitative estimate of drug-likeness (QED) is 0.841. The Morgan fingerprint density at radius 1 is 1.27 bits per heavy atom. The van der Waals surface area contributed by atoms with Gasteiger partial charge < -0.3 is 16.0 Å². The molecule has 2 aromatic heterocycles. The number of hydrogen-bond acceptors (Lipinski definition) is 7. The Labute approximate surface area is 127 Å². The highest BCUT2D eigenvalue weighted by Gasteiger charge is 2.19. The Morgan fingerprint density at radius 3 is 2.68 bits per heavy atom. The molecule has 9 nitrogen and oxygen atoms in total. The third-order valence-electron chi connectivity index (χ3n) is 3.52. The van der Waals surface area contributed by atoms with Gasteiger partial charge in [0.15, 0.2) is 11.5 Å². The molecule has 1 saturated heterocycles. The summed E-state index contributed by atoms with van der Waals surface area (Å²) in [5.74, 6) is 0.142. The smallest absolute Gasteiger partial charge is 0.273 e. The largest absolute Gasteiger partial charge is 0.364 e. The van der Waals surface area contributed by atoms with Crippen molar-refractivity contribution in [2.75, 3.05) is 23.3 Å². The topological polar surface area (TPSA) is 115 Å². The normalized spacial score (nSPS) is 14.9. The van der Waals surface area contributed by atoms with E-state index in [0.717, 1.165) is 25.9 Å². The van der Waals surface area contributed by atoms with Crippen LogP contribution in [-0.2, 0) is 7.05 Å². The molecule has 0 atom stereocenters. The van der Waals surface area contributed by atoms with Crippen molar-refractivity contribution in [2.45, 2.75) is 19.3 Å². The minimum atomic E-state index is -0.670. The van der Waals surface area contributed by atoms with Gasteiger partial charge in [0.05, 0.1) is 11.9 Å². The Bertz CT molecular complexity index is 676. The van der Waals surface area contributed by atoms with E-state index in [0.29, 0.717) is 17.5 Å². The lowest BCUT2D eigenvalue weighted by Crippen LogP contribution is -2.32. The lowest BCUT2D eigenvalue weighted by molar-refractivity contribution is 0.0995. The third-order valence-corrected chi connectivity index (χ3v) is 3.52. The molecule has 0 bridgehead atoms. The molecule has 0 radical (unpaired) electrons. The van der Waals surface area contributed by atoms with Gasteiger partial charge >= 0.3 is 0 Å². The summed E-state index contributed by atoms with van der Waals surface area (Å²) in [5, 5.41) is 15.1. The average molecular weight is 302 g/mol. The number of nitrogens with one attached hydrogen (secondary N) is 1. The van der Waals surface area contributed by atoms with Crippen LogP contribution in [0.25, 0.3) is 0 Å². The maximum absolute atomic E-state index is 11.5. The number of aryl methyl sites for hydroxylation is 1. The zero-order valence-electron chi connectivity index (χ0n) is 12.4. The molecule has 9 heteroatoms. The van der Waals surface area contributed by atoms with Gasteiger partial charge in [-0.25, -0.2) is 0 Å². The lowest BCUT2D eigenvalue weighted by atomic mass is 10.1. The van der Waals surface area contributed by atoms with Crippen molar-refractivity contribution in [1.82, 2.24) is 25.0 Å². The molecule has 2 aromatic rings. The van der Waals surface area contributed by atoms with Crippen molar-refractivity contribution in [3.63, 3.8) is 0 Å². The second kappa shape index (κ2) is 5.96. The Morgan fingerprint density at radius 2 is 2.05 bits per heavy atom. The van der Waals surface area contributed by atoms with Gasteiger partial charge in [-0.15, -0.1) is 10.2 Å². The van der Waals surface area contributed by atoms with E-state index in [9.17, 15) is 4.79 Å². The molecule has 0 aromatic carbocycles. The molecule has 3 heterocycles. The highest BCUT2D eigenvalue weighted by Crippen LogP contribution is 2.21. The number of nitrogens with zero attached hydrogens (tertiary/aromatic N) is 6. The van der Waals surface area contributed by atoms with E-state index in [-0.39, 0.29) is 5.69 Å². The van der Waals surface area contributed by atoms with Gasteiger partial charge in [0, 0.05) is 26.3 Å². The Balaban J connectivity index is 1.91. The highest BCUT2D eigenvalue weighted by atomic mass is 16.1. The molecule has 1 aliphatic rings. The van der Waals surface area contributed by atoms with Crippen LogP contribution >= 0.6 is 0 Å². The molecule has 3 N–H and O–H groups in total. The highest BCUT2D eigenvalue weighted by molar-refractivity contribution is 5.96. The van der Waals surface area contributed by atoms with Crippen LogP contribution in [0.4, 0.5) is 17.5 Å². The van der Waals surface area contributed by atoms with Crippen molar-refractivity contribution in [3.8, 4) is 0 Å². The van der Waals surface area contributed by atoms with E-state index < -0.39 is 5.91 Å². The molecule has 1 fully saturated rings.